The van der Waals surface area contributed by atoms with E-state index in [9.17, 15) is 22.8 Å². The Kier molecular flexibility index (Phi) is 6.33. The first-order valence-corrected chi connectivity index (χ1v) is 7.76. The minimum Gasteiger partial charge on any atom is -0.484 e. The van der Waals surface area contributed by atoms with Crippen LogP contribution in [0.25, 0.3) is 0 Å². The molecule has 0 fully saturated rings. The second-order valence-electron chi connectivity index (χ2n) is 4.94. The summed E-state index contributed by atoms with van der Waals surface area (Å²) >= 11 is 11.6. The van der Waals surface area contributed by atoms with Crippen LogP contribution in [0.4, 0.5) is 13.2 Å². The van der Waals surface area contributed by atoms with Crippen molar-refractivity contribution >= 4 is 35.0 Å². The van der Waals surface area contributed by atoms with Crippen molar-refractivity contribution in [1.82, 2.24) is 10.9 Å². The lowest BCUT2D eigenvalue weighted by atomic mass is 10.2. The third kappa shape index (κ3) is 5.53. The largest absolute Gasteiger partial charge is 0.484 e. The molecule has 5 nitrogen and oxygen atoms in total. The van der Waals surface area contributed by atoms with Crippen LogP contribution in [0, 0.1) is 0 Å². The first-order valence-electron chi connectivity index (χ1n) is 7.01. The fourth-order valence-corrected chi connectivity index (χ4v) is 2.19. The molecular weight excluding hydrogens is 396 g/mol. The smallest absolute Gasteiger partial charge is 0.416 e. The second-order valence-corrected chi connectivity index (χ2v) is 5.78. The molecule has 2 amide bonds. The third-order valence-corrected chi connectivity index (χ3v) is 3.58. The van der Waals surface area contributed by atoms with E-state index in [1.54, 1.807) is 0 Å². The lowest BCUT2D eigenvalue weighted by Crippen LogP contribution is -2.43. The van der Waals surface area contributed by atoms with Gasteiger partial charge in [0.25, 0.3) is 11.8 Å². The van der Waals surface area contributed by atoms with Crippen LogP contribution >= 0.6 is 23.2 Å². The molecule has 26 heavy (non-hydrogen) atoms. The van der Waals surface area contributed by atoms with E-state index in [4.69, 9.17) is 27.9 Å². The molecule has 0 aliphatic rings. The van der Waals surface area contributed by atoms with Gasteiger partial charge in [-0.1, -0.05) is 29.3 Å². The molecule has 0 bridgehead atoms. The highest BCUT2D eigenvalue weighted by Gasteiger charge is 2.30. The molecule has 0 aliphatic carbocycles. The lowest BCUT2D eigenvalue weighted by Gasteiger charge is -2.11. The summed E-state index contributed by atoms with van der Waals surface area (Å²) in [7, 11) is 0. The van der Waals surface area contributed by atoms with E-state index in [2.05, 4.69) is 10.9 Å². The molecule has 0 saturated heterocycles. The monoisotopic (exact) mass is 406 g/mol. The maximum Gasteiger partial charge on any atom is 0.416 e. The highest BCUT2D eigenvalue weighted by molar-refractivity contribution is 6.35. The molecule has 0 atom stereocenters. The molecule has 0 spiro atoms. The van der Waals surface area contributed by atoms with E-state index in [0.717, 1.165) is 18.2 Å². The fraction of sp³-hybridized carbons (Fsp3) is 0.125. The molecule has 2 aromatic rings. The van der Waals surface area contributed by atoms with Crippen molar-refractivity contribution in [2.45, 2.75) is 6.18 Å². The van der Waals surface area contributed by atoms with Gasteiger partial charge in [-0.15, -0.1) is 0 Å². The number of carbonyl (C=O) groups excluding carboxylic acids is 2. The van der Waals surface area contributed by atoms with Crippen molar-refractivity contribution < 1.29 is 27.5 Å². The Morgan fingerprint density at radius 1 is 1.04 bits per heavy atom. The van der Waals surface area contributed by atoms with Gasteiger partial charge in [0.15, 0.2) is 6.61 Å². The lowest BCUT2D eigenvalue weighted by molar-refractivity contribution is -0.137. The summed E-state index contributed by atoms with van der Waals surface area (Å²) in [5.74, 6) is -1.64. The minimum atomic E-state index is -4.52. The van der Waals surface area contributed by atoms with Crippen molar-refractivity contribution in [3.05, 3.63) is 63.6 Å². The van der Waals surface area contributed by atoms with Crippen LogP contribution in [0.15, 0.2) is 42.5 Å². The van der Waals surface area contributed by atoms with Crippen molar-refractivity contribution in [2.24, 2.45) is 0 Å². The van der Waals surface area contributed by atoms with E-state index in [-0.39, 0.29) is 21.4 Å². The quantitative estimate of drug-likeness (QED) is 0.757. The molecule has 10 heteroatoms. The third-order valence-electron chi connectivity index (χ3n) is 3.02. The number of hydrogen-bond donors (Lipinski definition) is 2. The van der Waals surface area contributed by atoms with E-state index in [1.165, 1.54) is 24.3 Å². The number of amides is 2. The topological polar surface area (TPSA) is 67.4 Å². The Bertz CT molecular complexity index is 829. The van der Waals surface area contributed by atoms with Gasteiger partial charge in [0.2, 0.25) is 0 Å². The summed E-state index contributed by atoms with van der Waals surface area (Å²) < 4.78 is 42.8. The number of benzene rings is 2. The number of hydrogen-bond acceptors (Lipinski definition) is 3. The van der Waals surface area contributed by atoms with Crippen LogP contribution in [-0.4, -0.2) is 18.4 Å². The SMILES string of the molecule is O=C(COc1cccc(C(F)(F)F)c1)NNC(=O)c1cc(Cl)ccc1Cl. The summed E-state index contributed by atoms with van der Waals surface area (Å²) in [6.45, 7) is -0.606. The average molecular weight is 407 g/mol. The van der Waals surface area contributed by atoms with Crippen molar-refractivity contribution in [1.29, 1.82) is 0 Å². The fourth-order valence-electron chi connectivity index (χ4n) is 1.81. The zero-order chi connectivity index (χ0) is 19.3. The first kappa shape index (κ1) is 19.9. The van der Waals surface area contributed by atoms with Gasteiger partial charge < -0.3 is 4.74 Å². The maximum absolute atomic E-state index is 12.6. The Morgan fingerprint density at radius 3 is 2.46 bits per heavy atom. The van der Waals surface area contributed by atoms with Gasteiger partial charge in [-0.3, -0.25) is 20.4 Å². The number of rotatable bonds is 4. The van der Waals surface area contributed by atoms with Gasteiger partial charge in [0, 0.05) is 5.02 Å². The molecule has 0 saturated carbocycles. The number of hydrazine groups is 1. The zero-order valence-electron chi connectivity index (χ0n) is 12.9. The Hall–Kier alpha value is -2.45. The minimum absolute atomic E-state index is 0.0401. The van der Waals surface area contributed by atoms with Gasteiger partial charge in [-0.05, 0) is 36.4 Å². The Balaban J connectivity index is 1.88. The van der Waals surface area contributed by atoms with E-state index in [1.807, 2.05) is 0 Å². The zero-order valence-corrected chi connectivity index (χ0v) is 14.4. The molecule has 2 aromatic carbocycles. The standard InChI is InChI=1S/C16H11Cl2F3N2O3/c17-10-4-5-13(18)12(7-10)15(25)23-22-14(24)8-26-11-3-1-2-9(6-11)16(19,20)21/h1-7H,8H2,(H,22,24)(H,23,25). The van der Waals surface area contributed by atoms with E-state index >= 15 is 0 Å². The average Bonchev–Trinajstić information content (AvgIpc) is 2.59. The van der Waals surface area contributed by atoms with Crippen LogP contribution in [-0.2, 0) is 11.0 Å². The Morgan fingerprint density at radius 2 is 1.77 bits per heavy atom. The molecule has 0 radical (unpaired) electrons. The van der Waals surface area contributed by atoms with Gasteiger partial charge in [0.05, 0.1) is 16.1 Å². The predicted molar refractivity (Wildman–Crippen MR) is 89.0 cm³/mol. The van der Waals surface area contributed by atoms with Gasteiger partial charge >= 0.3 is 6.18 Å². The van der Waals surface area contributed by atoms with Crippen molar-refractivity contribution in [3.8, 4) is 5.75 Å². The number of carbonyl (C=O) groups is 2. The van der Waals surface area contributed by atoms with Crippen LogP contribution < -0.4 is 15.6 Å². The molecular formula is C16H11Cl2F3N2O3. The summed E-state index contributed by atoms with van der Waals surface area (Å²) in [5, 5.41) is 0.403. The Labute approximate surface area is 156 Å². The molecule has 2 rings (SSSR count). The summed E-state index contributed by atoms with van der Waals surface area (Å²) in [4.78, 5) is 23.6. The highest BCUT2D eigenvalue weighted by atomic mass is 35.5. The van der Waals surface area contributed by atoms with Crippen LogP contribution in [0.1, 0.15) is 15.9 Å². The molecule has 0 aliphatic heterocycles. The van der Waals surface area contributed by atoms with E-state index < -0.39 is 30.2 Å². The highest BCUT2D eigenvalue weighted by Crippen LogP contribution is 2.31. The molecule has 138 valence electrons. The van der Waals surface area contributed by atoms with Gasteiger partial charge in [0.1, 0.15) is 5.75 Å². The molecule has 0 unspecified atom stereocenters. The van der Waals surface area contributed by atoms with E-state index in [0.29, 0.717) is 0 Å². The predicted octanol–water partition coefficient (Wildman–Crippen LogP) is 3.85. The maximum atomic E-state index is 12.6. The van der Waals surface area contributed by atoms with Crippen LogP contribution in [0.5, 0.6) is 5.75 Å². The second kappa shape index (κ2) is 8.29. The molecule has 0 heterocycles. The summed E-state index contributed by atoms with van der Waals surface area (Å²) in [5.41, 5.74) is 3.29. The number of nitrogens with one attached hydrogen (secondary N) is 2. The number of halogens is 5. The van der Waals surface area contributed by atoms with Gasteiger partial charge in [-0.25, -0.2) is 0 Å². The van der Waals surface area contributed by atoms with Crippen LogP contribution in [0.2, 0.25) is 10.0 Å². The van der Waals surface area contributed by atoms with Crippen molar-refractivity contribution in [2.75, 3.05) is 6.61 Å². The molecule has 2 N–H and O–H groups in total. The number of ether oxygens (including phenoxy) is 1. The van der Waals surface area contributed by atoms with Crippen molar-refractivity contribution in [3.63, 3.8) is 0 Å². The summed E-state index contributed by atoms with van der Waals surface area (Å²) in [6.07, 6.45) is -4.52. The number of alkyl halides is 3. The first-order chi connectivity index (χ1) is 12.2. The van der Waals surface area contributed by atoms with Gasteiger partial charge in [-0.2, -0.15) is 13.2 Å². The normalized spacial score (nSPS) is 11.0. The molecule has 0 aromatic heterocycles. The van der Waals surface area contributed by atoms with Crippen LogP contribution in [0.3, 0.4) is 0 Å². The summed E-state index contributed by atoms with van der Waals surface area (Å²) in [6, 6.07) is 8.27.